The van der Waals surface area contributed by atoms with Crippen LogP contribution in [-0.4, -0.2) is 91.5 Å². The number of carbonyl (C=O) groups excluding carboxylic acids is 3. The summed E-state index contributed by atoms with van der Waals surface area (Å²) in [5.41, 5.74) is 4.57. The highest BCUT2D eigenvalue weighted by Gasteiger charge is 2.46. The third-order valence-corrected chi connectivity index (χ3v) is 13.3. The Morgan fingerprint density at radius 2 is 1.28 bits per heavy atom. The lowest BCUT2D eigenvalue weighted by atomic mass is 10.1. The van der Waals surface area contributed by atoms with Crippen LogP contribution >= 0.6 is 15.6 Å². The third-order valence-electron chi connectivity index (χ3n) is 10.7. The van der Waals surface area contributed by atoms with Crippen molar-refractivity contribution in [3.8, 4) is 0 Å². The maximum Gasteiger partial charge on any atom is 0.481 e. The van der Waals surface area contributed by atoms with E-state index < -0.39 is 83.7 Å². The number of allylic oxidation sites excluding steroid dienone is 12. The van der Waals surface area contributed by atoms with Crippen LogP contribution in [0, 0.1) is 0 Å². The second kappa shape index (κ2) is 37.6. The zero-order valence-electron chi connectivity index (χ0n) is 41.5. The fraction of sp³-hybridized carbons (Fsp3) is 0.620. The minimum Gasteiger partial charge on any atom is -0.462 e. The van der Waals surface area contributed by atoms with Gasteiger partial charge in [-0.2, -0.15) is 9.29 Å². The number of ketones is 1. The predicted octanol–water partition coefficient (Wildman–Crippen LogP) is 9.29. The Morgan fingerprint density at radius 3 is 1.96 bits per heavy atom. The molecule has 0 spiro atoms. The summed E-state index contributed by atoms with van der Waals surface area (Å²) in [4.78, 5) is 73.7. The molecule has 1 saturated heterocycles. The van der Waals surface area contributed by atoms with E-state index in [-0.39, 0.29) is 24.4 Å². The van der Waals surface area contributed by atoms with Crippen LogP contribution in [0.25, 0.3) is 0 Å². The van der Waals surface area contributed by atoms with Gasteiger partial charge in [0.2, 0.25) is 0 Å². The number of esters is 2. The second-order valence-corrected chi connectivity index (χ2v) is 20.0. The molecule has 0 bridgehead atoms. The molecule has 7 atom stereocenters. The molecule has 1 aliphatic heterocycles. The lowest BCUT2D eigenvalue weighted by molar-refractivity contribution is -0.161. The van der Waals surface area contributed by atoms with Crippen LogP contribution in [0.1, 0.15) is 155 Å². The Labute approximate surface area is 419 Å². The van der Waals surface area contributed by atoms with Gasteiger partial charge in [0.1, 0.15) is 30.7 Å². The van der Waals surface area contributed by atoms with E-state index in [0.29, 0.717) is 32.1 Å². The zero-order chi connectivity index (χ0) is 52.2. The molecule has 71 heavy (non-hydrogen) atoms. The zero-order valence-corrected chi connectivity index (χ0v) is 43.3. The number of carbonyl (C=O) groups is 3. The van der Waals surface area contributed by atoms with Gasteiger partial charge >= 0.3 is 33.3 Å². The van der Waals surface area contributed by atoms with Crippen molar-refractivity contribution in [3.63, 3.8) is 0 Å². The monoisotopic (exact) mass is 1040 g/mol. The number of aliphatic hydroxyl groups is 2. The summed E-state index contributed by atoms with van der Waals surface area (Å²) in [5, 5.41) is 20.9. The van der Waals surface area contributed by atoms with E-state index in [1.165, 1.54) is 25.3 Å². The Bertz CT molecular complexity index is 2040. The molecular formula is C50H79N3O16P2. The highest BCUT2D eigenvalue weighted by atomic mass is 31.3. The van der Waals surface area contributed by atoms with Crippen LogP contribution in [0.4, 0.5) is 5.82 Å². The quantitative estimate of drug-likeness (QED) is 0.0102. The molecule has 1 aliphatic rings. The van der Waals surface area contributed by atoms with Crippen molar-refractivity contribution in [1.29, 1.82) is 0 Å². The first-order valence-electron chi connectivity index (χ1n) is 24.9. The van der Waals surface area contributed by atoms with Gasteiger partial charge < -0.3 is 39.9 Å². The molecule has 1 aromatic rings. The number of hydrogen-bond donors (Lipinski definition) is 5. The van der Waals surface area contributed by atoms with Crippen LogP contribution in [0.2, 0.25) is 0 Å². The summed E-state index contributed by atoms with van der Waals surface area (Å²) in [6.45, 7) is 1.87. The molecule has 21 heteroatoms. The number of aromatic nitrogens is 2. The van der Waals surface area contributed by atoms with E-state index in [4.69, 9.17) is 29.0 Å². The van der Waals surface area contributed by atoms with Crippen LogP contribution in [-0.2, 0) is 51.1 Å². The molecule has 19 nitrogen and oxygen atoms in total. The smallest absolute Gasteiger partial charge is 0.462 e. The molecule has 1 aromatic heterocycles. The Balaban J connectivity index is 1.85. The number of hydrogen-bond acceptors (Lipinski definition) is 16. The van der Waals surface area contributed by atoms with Gasteiger partial charge in [-0.3, -0.25) is 28.0 Å². The van der Waals surface area contributed by atoms with Crippen molar-refractivity contribution >= 4 is 39.2 Å². The van der Waals surface area contributed by atoms with Crippen molar-refractivity contribution < 1.29 is 71.1 Å². The first kappa shape index (κ1) is 63.0. The van der Waals surface area contributed by atoms with Gasteiger partial charge in [-0.05, 0) is 82.8 Å². The number of nitrogen functional groups attached to an aromatic ring is 1. The van der Waals surface area contributed by atoms with Gasteiger partial charge in [-0.15, -0.1) is 0 Å². The third kappa shape index (κ3) is 30.5. The minimum absolute atomic E-state index is 0.0163. The maximum absolute atomic E-state index is 12.8. The summed E-state index contributed by atoms with van der Waals surface area (Å²) in [5.74, 6) is -1.32. The molecule has 2 heterocycles. The number of aliphatic hydroxyl groups excluding tert-OH is 2. The standard InChI is InChI=1S/C50H79N3O16P2/c1-3-5-7-8-9-10-11-12-13-14-15-16-17-20-23-26-30-34-45(55)64-38-42(67-46(56)35-31-27-24-21-18-19-22-25-29-33-41(54)32-28-6-4-2)39-65-70(60,61)69-71(62,63)66-40-43-47(57)48(58)49(68-43)53-37-36-44(51)52-50(53)59/h9-10,12-13,15-16,20,22-23,25,29,33,36-37,42-43,47-49,57-58H,3-8,11,14,17-19,21,24,26-28,30-32,34-35,38-40H2,1-2H3,(H,60,61)(H,62,63)(H2,51,52,59)/b10-9-,13-12-,16-15-,23-20-,25-22-,33-29+/t42-,43-,47-,48-,49-/m1/s1. The van der Waals surface area contributed by atoms with Crippen molar-refractivity contribution in [3.05, 3.63) is 95.7 Å². The topological polar surface area (TPSA) is 283 Å². The number of rotatable bonds is 40. The fourth-order valence-corrected chi connectivity index (χ4v) is 8.93. The summed E-state index contributed by atoms with van der Waals surface area (Å²) in [7, 11) is -10.9. The van der Waals surface area contributed by atoms with Crippen molar-refractivity contribution in [2.24, 2.45) is 0 Å². The van der Waals surface area contributed by atoms with E-state index in [0.717, 1.165) is 81.4 Å². The van der Waals surface area contributed by atoms with E-state index in [9.17, 15) is 48.3 Å². The van der Waals surface area contributed by atoms with Gasteiger partial charge in [0, 0.05) is 25.5 Å². The van der Waals surface area contributed by atoms with Gasteiger partial charge in [0.25, 0.3) is 0 Å². The van der Waals surface area contributed by atoms with Crippen molar-refractivity contribution in [1.82, 2.24) is 9.55 Å². The van der Waals surface area contributed by atoms with Crippen LogP contribution in [0.3, 0.4) is 0 Å². The SMILES string of the molecule is CCCCC/C=C\C/C=C\C/C=C\C/C=C\CCCC(=O)OC[C@H](COP(=O)(O)OP(=O)(O)OC[C@H]1O[C@@H](n2ccc(N)nc2=O)[C@H](O)[C@@H]1O)OC(=O)CCCCCCC/C=C\C=C\C(=O)CCCCC. The number of unbranched alkanes of at least 4 members (excludes halogenated alkanes) is 11. The van der Waals surface area contributed by atoms with Crippen LogP contribution in [0.15, 0.2) is 90.0 Å². The second-order valence-electron chi connectivity index (χ2n) is 17.0. The molecular weight excluding hydrogens is 961 g/mol. The van der Waals surface area contributed by atoms with E-state index in [2.05, 4.69) is 59.6 Å². The molecule has 0 aliphatic carbocycles. The van der Waals surface area contributed by atoms with Gasteiger partial charge in [-0.25, -0.2) is 13.9 Å². The molecule has 2 rings (SSSR count). The Morgan fingerprint density at radius 1 is 0.718 bits per heavy atom. The highest BCUT2D eigenvalue weighted by Crippen LogP contribution is 2.60. The Kier molecular flexibility index (Phi) is 33.3. The average molecular weight is 1040 g/mol. The maximum atomic E-state index is 12.8. The largest absolute Gasteiger partial charge is 0.481 e. The molecule has 1 fully saturated rings. The van der Waals surface area contributed by atoms with Crippen molar-refractivity contribution in [2.45, 2.75) is 179 Å². The highest BCUT2D eigenvalue weighted by molar-refractivity contribution is 7.61. The summed E-state index contributed by atoms with van der Waals surface area (Å²) in [6, 6.07) is 1.24. The molecule has 6 N–H and O–H groups in total. The molecule has 0 aromatic carbocycles. The number of nitrogens with zero attached hydrogens (tertiary/aromatic N) is 2. The lowest BCUT2D eigenvalue weighted by Crippen LogP contribution is -2.36. The normalized spacial score (nSPS) is 19.7. The molecule has 2 unspecified atom stereocenters. The first-order chi connectivity index (χ1) is 34.1. The van der Waals surface area contributed by atoms with Gasteiger partial charge in [0.15, 0.2) is 18.1 Å². The number of ether oxygens (including phenoxy) is 3. The van der Waals surface area contributed by atoms with E-state index in [1.807, 2.05) is 24.3 Å². The van der Waals surface area contributed by atoms with Crippen LogP contribution in [0.5, 0.6) is 0 Å². The average Bonchev–Trinajstić information content (AvgIpc) is 3.60. The van der Waals surface area contributed by atoms with Gasteiger partial charge in [-0.1, -0.05) is 126 Å². The number of nitrogens with two attached hydrogens (primary N) is 1. The van der Waals surface area contributed by atoms with E-state index in [1.54, 1.807) is 12.2 Å². The molecule has 0 radical (unpaired) electrons. The molecule has 0 saturated carbocycles. The summed E-state index contributed by atoms with van der Waals surface area (Å²) < 4.78 is 56.6. The Hall–Kier alpha value is -4.13. The summed E-state index contributed by atoms with van der Waals surface area (Å²) >= 11 is 0. The minimum atomic E-state index is -5.45. The number of phosphoric ester groups is 2. The number of anilines is 1. The van der Waals surface area contributed by atoms with Gasteiger partial charge in [0.05, 0.1) is 13.2 Å². The molecule has 400 valence electrons. The van der Waals surface area contributed by atoms with Crippen LogP contribution < -0.4 is 11.4 Å². The summed E-state index contributed by atoms with van der Waals surface area (Å²) in [6.07, 6.45) is 34.0. The predicted molar refractivity (Wildman–Crippen MR) is 270 cm³/mol. The fourth-order valence-electron chi connectivity index (χ4n) is 6.82. The molecule has 0 amide bonds. The van der Waals surface area contributed by atoms with Crippen molar-refractivity contribution in [2.75, 3.05) is 25.6 Å². The lowest BCUT2D eigenvalue weighted by Gasteiger charge is -2.21. The number of phosphoric acid groups is 2. The first-order valence-corrected chi connectivity index (χ1v) is 27.9. The van der Waals surface area contributed by atoms with E-state index >= 15 is 0 Å².